The zero-order valence-electron chi connectivity index (χ0n) is 14.3. The number of rotatable bonds is 3. The average Bonchev–Trinajstić information content (AvgIpc) is 3.23. The number of nitrogens with zero attached hydrogens (tertiary/aromatic N) is 3. The summed E-state index contributed by atoms with van der Waals surface area (Å²) in [6.45, 7) is 3.09. The molecule has 0 aromatic heterocycles. The summed E-state index contributed by atoms with van der Waals surface area (Å²) in [7, 11) is 0. The number of amides is 1. The summed E-state index contributed by atoms with van der Waals surface area (Å²) in [6, 6.07) is 5.83. The number of anilines is 1. The highest BCUT2D eigenvalue weighted by atomic mass is 16.6. The van der Waals surface area contributed by atoms with Gasteiger partial charge in [0.2, 0.25) is 0 Å². The van der Waals surface area contributed by atoms with Crippen LogP contribution in [0.25, 0.3) is 0 Å². The fraction of sp³-hybridized carbons (Fsp3) is 0.611. The molecule has 3 aliphatic heterocycles. The van der Waals surface area contributed by atoms with Gasteiger partial charge in [-0.2, -0.15) is 0 Å². The topological polar surface area (TPSA) is 78.7 Å². The highest BCUT2D eigenvalue weighted by Gasteiger charge is 2.32. The van der Waals surface area contributed by atoms with E-state index in [1.165, 1.54) is 12.5 Å². The van der Waals surface area contributed by atoms with Gasteiger partial charge in [-0.1, -0.05) is 0 Å². The minimum absolute atomic E-state index is 0.0437. The second kappa shape index (κ2) is 6.63. The van der Waals surface area contributed by atoms with E-state index < -0.39 is 0 Å². The van der Waals surface area contributed by atoms with Gasteiger partial charge in [0.1, 0.15) is 5.69 Å². The maximum absolute atomic E-state index is 12.9. The third-order valence-electron chi connectivity index (χ3n) is 5.68. The molecule has 7 heteroatoms. The summed E-state index contributed by atoms with van der Waals surface area (Å²) in [4.78, 5) is 28.0. The Bertz CT molecular complexity index is 687. The number of likely N-dealkylation sites (tertiary alicyclic amines) is 1. The fourth-order valence-electron chi connectivity index (χ4n) is 4.34. The van der Waals surface area contributed by atoms with Gasteiger partial charge in [0.15, 0.2) is 0 Å². The monoisotopic (exact) mass is 344 g/mol. The quantitative estimate of drug-likeness (QED) is 0.671. The number of carbonyl (C=O) groups excluding carboxylic acids is 1. The Labute approximate surface area is 147 Å². The minimum Gasteiger partial charge on any atom is -0.366 e. The molecule has 7 nitrogen and oxygen atoms in total. The van der Waals surface area contributed by atoms with E-state index in [-0.39, 0.29) is 16.5 Å². The third kappa shape index (κ3) is 3.20. The van der Waals surface area contributed by atoms with E-state index in [0.717, 1.165) is 38.8 Å². The second-order valence-corrected chi connectivity index (χ2v) is 7.33. The first kappa shape index (κ1) is 16.3. The van der Waals surface area contributed by atoms with E-state index in [1.807, 2.05) is 9.80 Å². The first-order chi connectivity index (χ1) is 12.1. The van der Waals surface area contributed by atoms with Gasteiger partial charge in [0.05, 0.1) is 4.92 Å². The second-order valence-electron chi connectivity index (χ2n) is 7.33. The van der Waals surface area contributed by atoms with Crippen molar-refractivity contribution in [2.45, 2.75) is 44.2 Å². The largest absolute Gasteiger partial charge is 0.366 e. The summed E-state index contributed by atoms with van der Waals surface area (Å²) < 4.78 is 0. The lowest BCUT2D eigenvalue weighted by Crippen LogP contribution is -2.39. The molecule has 1 amide bonds. The number of nitrogens with one attached hydrogen (secondary N) is 1. The Morgan fingerprint density at radius 3 is 2.64 bits per heavy atom. The van der Waals surface area contributed by atoms with Gasteiger partial charge >= 0.3 is 0 Å². The lowest BCUT2D eigenvalue weighted by molar-refractivity contribution is -0.384. The maximum atomic E-state index is 12.9. The van der Waals surface area contributed by atoms with E-state index in [4.69, 9.17) is 0 Å². The minimum atomic E-state index is -0.365. The molecule has 3 heterocycles. The van der Waals surface area contributed by atoms with Crippen molar-refractivity contribution < 1.29 is 9.72 Å². The molecule has 1 N–H and O–H groups in total. The lowest BCUT2D eigenvalue weighted by Gasteiger charge is -2.25. The number of hydrogen-bond acceptors (Lipinski definition) is 5. The van der Waals surface area contributed by atoms with Gasteiger partial charge in [0, 0.05) is 49.9 Å². The van der Waals surface area contributed by atoms with Crippen molar-refractivity contribution in [3.05, 3.63) is 33.9 Å². The highest BCUT2D eigenvalue weighted by molar-refractivity contribution is 5.96. The van der Waals surface area contributed by atoms with Crippen LogP contribution in [0.4, 0.5) is 11.4 Å². The Morgan fingerprint density at radius 2 is 1.88 bits per heavy atom. The summed E-state index contributed by atoms with van der Waals surface area (Å²) in [5, 5.41) is 15.1. The molecule has 25 heavy (non-hydrogen) atoms. The standard InChI is InChI=1S/C18H24N4O3/c23-18(21-10-7-14-4-5-15(12-21)19-14)13-3-6-16(17(11-13)22(24)25)20-8-1-2-9-20/h3,6,11,14-15,19H,1-2,4-5,7-10,12H2. The van der Waals surface area contributed by atoms with Crippen LogP contribution in [0.1, 0.15) is 42.5 Å². The zero-order valence-corrected chi connectivity index (χ0v) is 14.3. The van der Waals surface area contributed by atoms with Crippen LogP contribution < -0.4 is 10.2 Å². The van der Waals surface area contributed by atoms with Crippen molar-refractivity contribution in [3.63, 3.8) is 0 Å². The van der Waals surface area contributed by atoms with E-state index >= 15 is 0 Å². The van der Waals surface area contributed by atoms with Crippen LogP contribution >= 0.6 is 0 Å². The molecule has 1 aromatic rings. The molecule has 0 aliphatic carbocycles. The average molecular weight is 344 g/mol. The van der Waals surface area contributed by atoms with Crippen molar-refractivity contribution in [1.29, 1.82) is 0 Å². The Hall–Kier alpha value is -2.15. The van der Waals surface area contributed by atoms with E-state index in [2.05, 4.69) is 5.32 Å². The van der Waals surface area contributed by atoms with E-state index in [1.54, 1.807) is 12.1 Å². The normalized spacial score (nSPS) is 25.9. The fourth-order valence-corrected chi connectivity index (χ4v) is 4.34. The van der Waals surface area contributed by atoms with Crippen LogP contribution in [0.2, 0.25) is 0 Å². The first-order valence-corrected chi connectivity index (χ1v) is 9.20. The van der Waals surface area contributed by atoms with E-state index in [0.29, 0.717) is 36.4 Å². The summed E-state index contributed by atoms with van der Waals surface area (Å²) in [6.07, 6.45) is 5.35. The molecule has 0 radical (unpaired) electrons. The van der Waals surface area contributed by atoms with Crippen molar-refractivity contribution in [3.8, 4) is 0 Å². The van der Waals surface area contributed by atoms with Crippen molar-refractivity contribution in [2.24, 2.45) is 0 Å². The molecule has 4 rings (SSSR count). The number of fused-ring (bicyclic) bond motifs is 2. The Balaban J connectivity index is 1.58. The molecule has 0 spiro atoms. The lowest BCUT2D eigenvalue weighted by atomic mass is 10.1. The molecule has 2 atom stereocenters. The van der Waals surface area contributed by atoms with Crippen LogP contribution in [0.3, 0.4) is 0 Å². The molecular formula is C18H24N4O3. The SMILES string of the molecule is O=C(c1ccc(N2CCCC2)c([N+](=O)[O-])c1)N1CCC2CCC(C1)N2. The molecule has 134 valence electrons. The van der Waals surface area contributed by atoms with Gasteiger partial charge in [-0.25, -0.2) is 0 Å². The van der Waals surface area contributed by atoms with Gasteiger partial charge in [-0.05, 0) is 44.2 Å². The smallest absolute Gasteiger partial charge is 0.293 e. The van der Waals surface area contributed by atoms with E-state index in [9.17, 15) is 14.9 Å². The Morgan fingerprint density at radius 1 is 1.12 bits per heavy atom. The Kier molecular flexibility index (Phi) is 4.33. The van der Waals surface area contributed by atoms with Crippen LogP contribution in [0.15, 0.2) is 18.2 Å². The molecule has 3 saturated heterocycles. The summed E-state index contributed by atoms with van der Waals surface area (Å²) in [5.74, 6) is -0.0922. The first-order valence-electron chi connectivity index (χ1n) is 9.20. The highest BCUT2D eigenvalue weighted by Crippen LogP contribution is 2.32. The maximum Gasteiger partial charge on any atom is 0.293 e. The van der Waals surface area contributed by atoms with Crippen LogP contribution in [0, 0.1) is 10.1 Å². The number of benzene rings is 1. The van der Waals surface area contributed by atoms with Gasteiger partial charge < -0.3 is 15.1 Å². The number of hydrogen-bond donors (Lipinski definition) is 1. The molecular weight excluding hydrogens is 320 g/mol. The number of nitro benzene ring substituents is 1. The van der Waals surface area contributed by atoms with Crippen molar-refractivity contribution in [2.75, 3.05) is 31.1 Å². The van der Waals surface area contributed by atoms with Crippen molar-refractivity contribution >= 4 is 17.3 Å². The number of carbonyl (C=O) groups is 1. The van der Waals surface area contributed by atoms with Gasteiger partial charge in [0.25, 0.3) is 11.6 Å². The molecule has 2 unspecified atom stereocenters. The molecule has 3 fully saturated rings. The van der Waals surface area contributed by atoms with Crippen molar-refractivity contribution in [1.82, 2.24) is 10.2 Å². The predicted molar refractivity (Wildman–Crippen MR) is 95.0 cm³/mol. The zero-order chi connectivity index (χ0) is 17.4. The molecule has 0 saturated carbocycles. The van der Waals surface area contributed by atoms with Gasteiger partial charge in [-0.3, -0.25) is 14.9 Å². The van der Waals surface area contributed by atoms with Gasteiger partial charge in [-0.15, -0.1) is 0 Å². The predicted octanol–water partition coefficient (Wildman–Crippen LogP) is 2.16. The molecule has 2 bridgehead atoms. The molecule has 3 aliphatic rings. The molecule has 1 aromatic carbocycles. The summed E-state index contributed by atoms with van der Waals surface area (Å²) >= 11 is 0. The van der Waals surface area contributed by atoms with Crippen LogP contribution in [0.5, 0.6) is 0 Å². The number of nitro groups is 1. The van der Waals surface area contributed by atoms with Crippen LogP contribution in [-0.2, 0) is 0 Å². The third-order valence-corrected chi connectivity index (χ3v) is 5.68. The summed E-state index contributed by atoms with van der Waals surface area (Å²) in [5.41, 5.74) is 1.10. The van der Waals surface area contributed by atoms with Crippen LogP contribution in [-0.4, -0.2) is 54.0 Å².